The van der Waals surface area contributed by atoms with Crippen molar-refractivity contribution in [2.75, 3.05) is 33.6 Å². The number of amides is 1. The number of anilines is 1. The van der Waals surface area contributed by atoms with Gasteiger partial charge in [0.05, 0.1) is 24.8 Å². The number of hydrogen-bond acceptors (Lipinski definition) is 5. The molecular formula is C19H23ClN2O5S. The van der Waals surface area contributed by atoms with Crippen molar-refractivity contribution in [3.8, 4) is 11.5 Å². The second-order valence-electron chi connectivity index (χ2n) is 6.15. The van der Waals surface area contributed by atoms with Crippen LogP contribution in [-0.4, -0.2) is 46.9 Å². The monoisotopic (exact) mass is 426 g/mol. The second-order valence-corrected chi connectivity index (χ2v) is 8.74. The molecule has 2 rings (SSSR count). The molecule has 0 unspecified atom stereocenters. The molecule has 2 aromatic carbocycles. The van der Waals surface area contributed by atoms with Crippen LogP contribution in [0.25, 0.3) is 0 Å². The average molecular weight is 427 g/mol. The van der Waals surface area contributed by atoms with Gasteiger partial charge in [-0.3, -0.25) is 4.79 Å². The molecule has 0 bridgehead atoms. The normalized spacial score (nSPS) is 11.4. The maximum atomic E-state index is 12.4. The molecule has 1 N–H and O–H groups in total. The summed E-state index contributed by atoms with van der Waals surface area (Å²) in [5, 5.41) is 3.23. The van der Waals surface area contributed by atoms with E-state index < -0.39 is 10.0 Å². The number of benzene rings is 2. The predicted octanol–water partition coefficient (Wildman–Crippen LogP) is 3.18. The van der Waals surface area contributed by atoms with Gasteiger partial charge in [-0.1, -0.05) is 11.6 Å². The molecule has 0 heterocycles. The molecule has 7 nitrogen and oxygen atoms in total. The Kier molecular flexibility index (Phi) is 7.29. The lowest BCUT2D eigenvalue weighted by atomic mass is 10.1. The fourth-order valence-electron chi connectivity index (χ4n) is 2.56. The lowest BCUT2D eigenvalue weighted by molar-refractivity contribution is -0.116. The number of nitrogens with zero attached hydrogens (tertiary/aromatic N) is 1. The third kappa shape index (κ3) is 5.15. The first-order valence-electron chi connectivity index (χ1n) is 8.42. The summed E-state index contributed by atoms with van der Waals surface area (Å²) in [6.07, 6.45) is 0.423. The summed E-state index contributed by atoms with van der Waals surface area (Å²) in [7, 11) is 2.34. The Morgan fingerprint density at radius 1 is 1.07 bits per heavy atom. The number of methoxy groups -OCH3 is 2. The standard InChI is InChI=1S/C19H23ClN2O5S/c1-22(2)28(24,25)15-7-9-17(26-3)13(11-15)5-10-19(23)21-16-12-14(20)6-8-18(16)27-4/h6-9,11-12H,5,10H2,1-4H3,(H,21,23). The Bertz CT molecular complexity index is 961. The summed E-state index contributed by atoms with van der Waals surface area (Å²) in [4.78, 5) is 12.5. The SMILES string of the molecule is COc1ccc(S(=O)(=O)N(C)C)cc1CCC(=O)Nc1cc(Cl)ccc1OC. The van der Waals surface area contributed by atoms with Gasteiger partial charge in [0.1, 0.15) is 11.5 Å². The first kappa shape index (κ1) is 22.0. The van der Waals surface area contributed by atoms with Crippen molar-refractivity contribution < 1.29 is 22.7 Å². The van der Waals surface area contributed by atoms with E-state index in [0.717, 1.165) is 4.31 Å². The maximum absolute atomic E-state index is 12.4. The summed E-state index contributed by atoms with van der Waals surface area (Å²) in [6, 6.07) is 9.52. The zero-order chi connectivity index (χ0) is 20.9. The third-order valence-corrected chi connectivity index (χ3v) is 6.13. The minimum Gasteiger partial charge on any atom is -0.496 e. The van der Waals surface area contributed by atoms with E-state index in [-0.39, 0.29) is 17.2 Å². The van der Waals surface area contributed by atoms with E-state index >= 15 is 0 Å². The van der Waals surface area contributed by atoms with Crippen LogP contribution in [0.4, 0.5) is 5.69 Å². The Morgan fingerprint density at radius 3 is 2.32 bits per heavy atom. The Morgan fingerprint density at radius 2 is 1.71 bits per heavy atom. The predicted molar refractivity (Wildman–Crippen MR) is 109 cm³/mol. The van der Waals surface area contributed by atoms with Crippen molar-refractivity contribution in [3.05, 3.63) is 47.0 Å². The summed E-state index contributed by atoms with van der Waals surface area (Å²) in [5.74, 6) is 0.753. The van der Waals surface area contributed by atoms with Crippen molar-refractivity contribution in [1.29, 1.82) is 0 Å². The van der Waals surface area contributed by atoms with E-state index in [0.29, 0.717) is 34.2 Å². The summed E-state index contributed by atoms with van der Waals surface area (Å²) in [5.41, 5.74) is 1.09. The number of nitrogens with one attached hydrogen (secondary N) is 1. The number of halogens is 1. The number of hydrogen-bond donors (Lipinski definition) is 1. The minimum absolute atomic E-state index is 0.123. The average Bonchev–Trinajstić information content (AvgIpc) is 2.66. The van der Waals surface area contributed by atoms with Crippen molar-refractivity contribution in [2.24, 2.45) is 0 Å². The van der Waals surface area contributed by atoms with Crippen LogP contribution in [0.2, 0.25) is 5.02 Å². The van der Waals surface area contributed by atoms with Crippen molar-refractivity contribution in [2.45, 2.75) is 17.7 Å². The van der Waals surface area contributed by atoms with Gasteiger partial charge in [0.15, 0.2) is 0 Å². The molecule has 9 heteroatoms. The highest BCUT2D eigenvalue weighted by Gasteiger charge is 2.19. The first-order chi connectivity index (χ1) is 13.2. The van der Waals surface area contributed by atoms with Crippen molar-refractivity contribution in [1.82, 2.24) is 4.31 Å². The van der Waals surface area contributed by atoms with Crippen molar-refractivity contribution in [3.63, 3.8) is 0 Å². The van der Waals surface area contributed by atoms with Crippen LogP contribution < -0.4 is 14.8 Å². The van der Waals surface area contributed by atoms with E-state index in [2.05, 4.69) is 5.32 Å². The molecule has 2 aromatic rings. The van der Waals surface area contributed by atoms with Crippen LogP contribution in [0, 0.1) is 0 Å². The zero-order valence-corrected chi connectivity index (χ0v) is 17.7. The van der Waals surface area contributed by atoms with Gasteiger partial charge in [0.25, 0.3) is 0 Å². The van der Waals surface area contributed by atoms with Crippen LogP contribution in [0.1, 0.15) is 12.0 Å². The minimum atomic E-state index is -3.58. The van der Waals surface area contributed by atoms with Crippen LogP contribution in [-0.2, 0) is 21.2 Å². The smallest absolute Gasteiger partial charge is 0.242 e. The van der Waals surface area contributed by atoms with Gasteiger partial charge in [-0.15, -0.1) is 0 Å². The Balaban J connectivity index is 2.17. The molecule has 0 aromatic heterocycles. The molecule has 1 amide bonds. The highest BCUT2D eigenvalue weighted by Crippen LogP contribution is 2.28. The number of rotatable bonds is 8. The molecule has 0 aliphatic rings. The van der Waals surface area contributed by atoms with Crippen LogP contribution in [0.3, 0.4) is 0 Å². The van der Waals surface area contributed by atoms with Gasteiger partial charge in [0.2, 0.25) is 15.9 Å². The molecule has 0 saturated heterocycles. The molecule has 28 heavy (non-hydrogen) atoms. The van der Waals surface area contributed by atoms with E-state index in [1.54, 1.807) is 24.3 Å². The van der Waals surface area contributed by atoms with Gasteiger partial charge in [-0.2, -0.15) is 0 Å². The number of sulfonamides is 1. The van der Waals surface area contributed by atoms with Gasteiger partial charge in [-0.05, 0) is 48.4 Å². The van der Waals surface area contributed by atoms with Gasteiger partial charge in [0, 0.05) is 25.5 Å². The number of carbonyl (C=O) groups is 1. The molecule has 0 aliphatic heterocycles. The van der Waals surface area contributed by atoms with E-state index in [1.807, 2.05) is 0 Å². The quantitative estimate of drug-likeness (QED) is 0.700. The fourth-order valence-corrected chi connectivity index (χ4v) is 3.69. The summed E-state index contributed by atoms with van der Waals surface area (Å²) in [6.45, 7) is 0. The largest absolute Gasteiger partial charge is 0.496 e. The molecule has 0 saturated carbocycles. The molecule has 152 valence electrons. The van der Waals surface area contributed by atoms with E-state index in [1.165, 1.54) is 40.4 Å². The van der Waals surface area contributed by atoms with Gasteiger partial charge < -0.3 is 14.8 Å². The Hall–Kier alpha value is -2.29. The third-order valence-electron chi connectivity index (χ3n) is 4.09. The van der Waals surface area contributed by atoms with E-state index in [4.69, 9.17) is 21.1 Å². The molecule has 0 spiro atoms. The Labute approximate surface area is 170 Å². The topological polar surface area (TPSA) is 84.9 Å². The van der Waals surface area contributed by atoms with E-state index in [9.17, 15) is 13.2 Å². The first-order valence-corrected chi connectivity index (χ1v) is 10.2. The van der Waals surface area contributed by atoms with Gasteiger partial charge in [-0.25, -0.2) is 12.7 Å². The number of carbonyl (C=O) groups excluding carboxylic acids is 1. The zero-order valence-electron chi connectivity index (χ0n) is 16.2. The summed E-state index contributed by atoms with van der Waals surface area (Å²) >= 11 is 5.97. The molecule has 0 atom stereocenters. The number of aryl methyl sites for hydroxylation is 1. The maximum Gasteiger partial charge on any atom is 0.242 e. The van der Waals surface area contributed by atoms with Crippen LogP contribution in [0.5, 0.6) is 11.5 Å². The molecular weight excluding hydrogens is 404 g/mol. The molecule has 0 fully saturated rings. The highest BCUT2D eigenvalue weighted by molar-refractivity contribution is 7.89. The second kappa shape index (κ2) is 9.27. The lowest BCUT2D eigenvalue weighted by Gasteiger charge is -2.15. The van der Waals surface area contributed by atoms with Crippen LogP contribution >= 0.6 is 11.6 Å². The lowest BCUT2D eigenvalue weighted by Crippen LogP contribution is -2.22. The van der Waals surface area contributed by atoms with Crippen LogP contribution in [0.15, 0.2) is 41.3 Å². The molecule has 0 radical (unpaired) electrons. The molecule has 0 aliphatic carbocycles. The fraction of sp³-hybridized carbons (Fsp3) is 0.316. The summed E-state index contributed by atoms with van der Waals surface area (Å²) < 4.78 is 36.3. The highest BCUT2D eigenvalue weighted by atomic mass is 35.5. The number of ether oxygens (including phenoxy) is 2. The van der Waals surface area contributed by atoms with Crippen molar-refractivity contribution >= 4 is 33.2 Å². The van der Waals surface area contributed by atoms with Gasteiger partial charge >= 0.3 is 0 Å².